The molecule has 1 aromatic carbocycles. The van der Waals surface area contributed by atoms with Crippen molar-refractivity contribution < 1.29 is 4.74 Å². The maximum atomic E-state index is 6.03. The number of nitrogens with zero attached hydrogens (tertiary/aromatic N) is 2. The monoisotopic (exact) mass is 277 g/mol. The van der Waals surface area contributed by atoms with Crippen LogP contribution in [0, 0.1) is 0 Å². The van der Waals surface area contributed by atoms with E-state index < -0.39 is 0 Å². The van der Waals surface area contributed by atoms with Gasteiger partial charge < -0.3 is 10.1 Å². The Labute approximate surface area is 117 Å². The molecule has 2 rings (SSSR count). The summed E-state index contributed by atoms with van der Waals surface area (Å²) in [6.45, 7) is 4.27. The predicted octanol–water partition coefficient (Wildman–Crippen LogP) is 4.09. The molecule has 1 heterocycles. The smallest absolute Gasteiger partial charge is 0.243 e. The fraction of sp³-hybridized carbons (Fsp3) is 0.286. The Kier molecular flexibility index (Phi) is 4.22. The zero-order valence-electron chi connectivity index (χ0n) is 11.1. The molecule has 1 N–H and O–H groups in total. The lowest BCUT2D eigenvalue weighted by Crippen LogP contribution is -1.98. The van der Waals surface area contributed by atoms with Crippen molar-refractivity contribution in [3.63, 3.8) is 0 Å². The van der Waals surface area contributed by atoms with Crippen molar-refractivity contribution in [2.75, 3.05) is 12.4 Å². The molecule has 0 aliphatic rings. The first-order valence-corrected chi connectivity index (χ1v) is 6.46. The van der Waals surface area contributed by atoms with Gasteiger partial charge in [-0.1, -0.05) is 37.6 Å². The van der Waals surface area contributed by atoms with Crippen molar-refractivity contribution in [2.24, 2.45) is 0 Å². The molecule has 0 aliphatic carbocycles. The summed E-state index contributed by atoms with van der Waals surface area (Å²) in [5, 5.41) is 3.23. The van der Waals surface area contributed by atoms with Gasteiger partial charge >= 0.3 is 0 Å². The second-order valence-corrected chi connectivity index (χ2v) is 4.83. The first-order chi connectivity index (χ1) is 9.10. The molecule has 0 bridgehead atoms. The summed E-state index contributed by atoms with van der Waals surface area (Å²) in [5.41, 5.74) is 1.21. The highest BCUT2D eigenvalue weighted by Crippen LogP contribution is 2.29. The zero-order chi connectivity index (χ0) is 13.8. The third kappa shape index (κ3) is 3.35. The van der Waals surface area contributed by atoms with Crippen LogP contribution in [0.3, 0.4) is 0 Å². The van der Waals surface area contributed by atoms with Crippen molar-refractivity contribution in [1.29, 1.82) is 0 Å². The molecule has 0 radical (unpaired) electrons. The minimum atomic E-state index is 0.349. The van der Waals surface area contributed by atoms with E-state index in [0.717, 1.165) is 0 Å². The summed E-state index contributed by atoms with van der Waals surface area (Å²) < 4.78 is 5.72. The van der Waals surface area contributed by atoms with Gasteiger partial charge in [-0.25, -0.2) is 4.98 Å². The molecule has 0 unspecified atom stereocenters. The summed E-state index contributed by atoms with van der Waals surface area (Å²) in [5.74, 6) is 1.98. The SMILES string of the molecule is CNc1ncc(Cl)c(Oc2cccc(C(C)C)c2)n1. The van der Waals surface area contributed by atoms with Crippen LogP contribution in [0.5, 0.6) is 11.6 Å². The van der Waals surface area contributed by atoms with E-state index in [9.17, 15) is 0 Å². The molecule has 0 amide bonds. The van der Waals surface area contributed by atoms with Crippen LogP contribution in [-0.2, 0) is 0 Å². The van der Waals surface area contributed by atoms with Crippen LogP contribution in [0.2, 0.25) is 5.02 Å². The molecule has 5 heteroatoms. The van der Waals surface area contributed by atoms with E-state index in [-0.39, 0.29) is 0 Å². The highest BCUT2D eigenvalue weighted by Gasteiger charge is 2.08. The molecule has 2 aromatic rings. The maximum absolute atomic E-state index is 6.03. The average Bonchev–Trinajstić information content (AvgIpc) is 2.41. The van der Waals surface area contributed by atoms with Gasteiger partial charge in [0.25, 0.3) is 0 Å². The fourth-order valence-corrected chi connectivity index (χ4v) is 1.72. The van der Waals surface area contributed by atoms with Gasteiger partial charge in [-0.2, -0.15) is 4.98 Å². The van der Waals surface area contributed by atoms with E-state index in [0.29, 0.717) is 28.5 Å². The average molecular weight is 278 g/mol. The maximum Gasteiger partial charge on any atom is 0.243 e. The number of ether oxygens (including phenoxy) is 1. The van der Waals surface area contributed by atoms with E-state index >= 15 is 0 Å². The van der Waals surface area contributed by atoms with Crippen molar-refractivity contribution in [2.45, 2.75) is 19.8 Å². The number of halogens is 1. The van der Waals surface area contributed by atoms with Gasteiger partial charge in [0.2, 0.25) is 11.8 Å². The van der Waals surface area contributed by atoms with Crippen LogP contribution in [0.1, 0.15) is 25.3 Å². The topological polar surface area (TPSA) is 47.0 Å². The van der Waals surface area contributed by atoms with Crippen molar-refractivity contribution in [3.8, 4) is 11.6 Å². The molecule has 0 fully saturated rings. The van der Waals surface area contributed by atoms with E-state index in [2.05, 4.69) is 35.2 Å². The van der Waals surface area contributed by atoms with Crippen LogP contribution >= 0.6 is 11.6 Å². The Hall–Kier alpha value is -1.81. The van der Waals surface area contributed by atoms with Crippen LogP contribution in [0.15, 0.2) is 30.5 Å². The number of rotatable bonds is 4. The summed E-state index contributed by atoms with van der Waals surface area (Å²) in [6.07, 6.45) is 1.52. The molecular formula is C14H16ClN3O. The highest BCUT2D eigenvalue weighted by molar-refractivity contribution is 6.31. The second kappa shape index (κ2) is 5.89. The molecule has 0 saturated carbocycles. The van der Waals surface area contributed by atoms with Gasteiger partial charge in [0.05, 0.1) is 6.20 Å². The van der Waals surface area contributed by atoms with Crippen LogP contribution in [0.4, 0.5) is 5.95 Å². The molecule has 19 heavy (non-hydrogen) atoms. The lowest BCUT2D eigenvalue weighted by molar-refractivity contribution is 0.461. The fourth-order valence-electron chi connectivity index (χ4n) is 1.59. The number of hydrogen-bond acceptors (Lipinski definition) is 4. The van der Waals surface area contributed by atoms with Gasteiger partial charge in [0.1, 0.15) is 10.8 Å². The second-order valence-electron chi connectivity index (χ2n) is 4.43. The number of benzene rings is 1. The van der Waals surface area contributed by atoms with Gasteiger partial charge in [0.15, 0.2) is 0 Å². The Morgan fingerprint density at radius 3 is 2.79 bits per heavy atom. The first-order valence-electron chi connectivity index (χ1n) is 6.08. The Morgan fingerprint density at radius 1 is 1.32 bits per heavy atom. The van der Waals surface area contributed by atoms with Crippen molar-refractivity contribution in [1.82, 2.24) is 9.97 Å². The Morgan fingerprint density at radius 2 is 2.11 bits per heavy atom. The van der Waals surface area contributed by atoms with Crippen LogP contribution in [-0.4, -0.2) is 17.0 Å². The largest absolute Gasteiger partial charge is 0.437 e. The lowest BCUT2D eigenvalue weighted by Gasteiger charge is -2.10. The normalized spacial score (nSPS) is 10.6. The van der Waals surface area contributed by atoms with Crippen molar-refractivity contribution in [3.05, 3.63) is 41.0 Å². The van der Waals surface area contributed by atoms with Gasteiger partial charge in [0, 0.05) is 7.05 Å². The van der Waals surface area contributed by atoms with E-state index in [1.807, 2.05) is 18.2 Å². The molecule has 1 aromatic heterocycles. The number of hydrogen-bond donors (Lipinski definition) is 1. The van der Waals surface area contributed by atoms with Gasteiger partial charge in [-0.3, -0.25) is 0 Å². The third-order valence-electron chi connectivity index (χ3n) is 2.67. The molecule has 0 spiro atoms. The number of aromatic nitrogens is 2. The summed E-state index contributed by atoms with van der Waals surface area (Å²) in [4.78, 5) is 8.19. The summed E-state index contributed by atoms with van der Waals surface area (Å²) >= 11 is 6.03. The Balaban J connectivity index is 2.28. The molecule has 0 aliphatic heterocycles. The quantitative estimate of drug-likeness (QED) is 0.914. The summed E-state index contributed by atoms with van der Waals surface area (Å²) in [6, 6.07) is 7.89. The van der Waals surface area contributed by atoms with E-state index in [1.54, 1.807) is 7.05 Å². The third-order valence-corrected chi connectivity index (χ3v) is 2.93. The van der Waals surface area contributed by atoms with Crippen LogP contribution in [0.25, 0.3) is 0 Å². The number of anilines is 1. The highest BCUT2D eigenvalue weighted by atomic mass is 35.5. The van der Waals surface area contributed by atoms with E-state index in [1.165, 1.54) is 11.8 Å². The molecular weight excluding hydrogens is 262 g/mol. The van der Waals surface area contributed by atoms with Gasteiger partial charge in [-0.05, 0) is 23.6 Å². The molecule has 4 nitrogen and oxygen atoms in total. The first kappa shape index (κ1) is 13.6. The standard InChI is InChI=1S/C14H16ClN3O/c1-9(2)10-5-4-6-11(7-10)19-13-12(15)8-17-14(16-3)18-13/h4-9H,1-3H3,(H,16,17,18). The van der Waals surface area contributed by atoms with E-state index in [4.69, 9.17) is 16.3 Å². The van der Waals surface area contributed by atoms with Crippen molar-refractivity contribution >= 4 is 17.5 Å². The predicted molar refractivity (Wildman–Crippen MR) is 77.2 cm³/mol. The Bertz CT molecular complexity index is 572. The molecule has 0 saturated heterocycles. The zero-order valence-corrected chi connectivity index (χ0v) is 11.9. The number of nitrogens with one attached hydrogen (secondary N) is 1. The molecule has 100 valence electrons. The minimum Gasteiger partial charge on any atom is -0.437 e. The molecule has 0 atom stereocenters. The lowest BCUT2D eigenvalue weighted by atomic mass is 10.0. The van der Waals surface area contributed by atoms with Crippen LogP contribution < -0.4 is 10.1 Å². The van der Waals surface area contributed by atoms with Gasteiger partial charge in [-0.15, -0.1) is 0 Å². The summed E-state index contributed by atoms with van der Waals surface area (Å²) in [7, 11) is 1.74. The minimum absolute atomic E-state index is 0.349.